The highest BCUT2D eigenvalue weighted by molar-refractivity contribution is 5.89. The molecule has 7 heteroatoms. The van der Waals surface area contributed by atoms with Gasteiger partial charge in [-0.15, -0.1) is 0 Å². The van der Waals surface area contributed by atoms with Crippen molar-refractivity contribution in [3.05, 3.63) is 59.9 Å². The summed E-state index contributed by atoms with van der Waals surface area (Å²) in [7, 11) is 3.39. The summed E-state index contributed by atoms with van der Waals surface area (Å²) in [5, 5.41) is 10.5. The molecule has 0 aliphatic carbocycles. The van der Waals surface area contributed by atoms with E-state index in [0.29, 0.717) is 17.9 Å². The summed E-state index contributed by atoms with van der Waals surface area (Å²) < 4.78 is 14.7. The van der Waals surface area contributed by atoms with Crippen LogP contribution in [0.15, 0.2) is 48.5 Å². The Kier molecular flexibility index (Phi) is 7.82. The maximum Gasteiger partial charge on any atom is 0.337 e. The van der Waals surface area contributed by atoms with Gasteiger partial charge in [0, 0.05) is 6.42 Å². The number of nitrogens with zero attached hydrogens (tertiary/aromatic N) is 2. The van der Waals surface area contributed by atoms with E-state index in [-0.39, 0.29) is 36.6 Å². The summed E-state index contributed by atoms with van der Waals surface area (Å²) in [5.74, 6) is 1.36. The van der Waals surface area contributed by atoms with Gasteiger partial charge in [0.1, 0.15) is 25.0 Å². The zero-order chi connectivity index (χ0) is 19.4. The second kappa shape index (κ2) is 9.88. The molecule has 0 saturated carbocycles. The van der Waals surface area contributed by atoms with Crippen LogP contribution >= 0.6 is 0 Å². The highest BCUT2D eigenvalue weighted by atomic mass is 127. The third kappa shape index (κ3) is 4.64. The van der Waals surface area contributed by atoms with Gasteiger partial charge in [-0.05, 0) is 36.4 Å². The highest BCUT2D eigenvalue weighted by Crippen LogP contribution is 2.16. The Hall–Kier alpha value is -2.13. The SMILES string of the molecule is CCc1n(CC(O)COc2ccc(C(=O)OC)cc2)c2ccccc2[n+]1C.[I-]. The fraction of sp³-hybridized carbons (Fsp3) is 0.333. The monoisotopic (exact) mass is 496 g/mol. The van der Waals surface area contributed by atoms with E-state index in [2.05, 4.69) is 32.9 Å². The van der Waals surface area contributed by atoms with Gasteiger partial charge in [-0.2, -0.15) is 0 Å². The van der Waals surface area contributed by atoms with Crippen LogP contribution in [-0.4, -0.2) is 35.5 Å². The smallest absolute Gasteiger partial charge is 0.337 e. The molecule has 3 rings (SSSR count). The number of benzene rings is 2. The van der Waals surface area contributed by atoms with Crippen molar-refractivity contribution in [2.75, 3.05) is 13.7 Å². The van der Waals surface area contributed by atoms with Crippen LogP contribution < -0.4 is 33.3 Å². The fourth-order valence-electron chi connectivity index (χ4n) is 3.33. The number of carbonyl (C=O) groups is 1. The fourth-order valence-corrected chi connectivity index (χ4v) is 3.33. The third-order valence-corrected chi connectivity index (χ3v) is 4.66. The van der Waals surface area contributed by atoms with Crippen LogP contribution in [0.25, 0.3) is 11.0 Å². The number of aliphatic hydroxyl groups excluding tert-OH is 1. The van der Waals surface area contributed by atoms with Gasteiger partial charge in [0.25, 0.3) is 5.82 Å². The second-order valence-corrected chi connectivity index (χ2v) is 6.41. The van der Waals surface area contributed by atoms with E-state index in [4.69, 9.17) is 4.74 Å². The summed E-state index contributed by atoms with van der Waals surface area (Å²) in [6.45, 7) is 2.72. The van der Waals surface area contributed by atoms with E-state index in [1.807, 2.05) is 19.2 Å². The number of fused-ring (bicyclic) bond motifs is 1. The number of rotatable bonds is 7. The van der Waals surface area contributed by atoms with Crippen LogP contribution in [0, 0.1) is 0 Å². The summed E-state index contributed by atoms with van der Waals surface area (Å²) in [6, 6.07) is 14.8. The van der Waals surface area contributed by atoms with Crippen LogP contribution in [0.3, 0.4) is 0 Å². The Morgan fingerprint density at radius 3 is 2.50 bits per heavy atom. The average molecular weight is 496 g/mol. The van der Waals surface area contributed by atoms with Gasteiger partial charge >= 0.3 is 5.97 Å². The Balaban J connectivity index is 0.00000280. The van der Waals surface area contributed by atoms with E-state index >= 15 is 0 Å². The van der Waals surface area contributed by atoms with E-state index < -0.39 is 6.10 Å². The van der Waals surface area contributed by atoms with Crippen molar-refractivity contribution >= 4 is 17.0 Å². The topological polar surface area (TPSA) is 64.6 Å². The van der Waals surface area contributed by atoms with Gasteiger partial charge in [0.15, 0.2) is 11.0 Å². The normalized spacial score (nSPS) is 11.7. The van der Waals surface area contributed by atoms with Gasteiger partial charge < -0.3 is 38.6 Å². The molecule has 28 heavy (non-hydrogen) atoms. The first-order valence-corrected chi connectivity index (χ1v) is 9.00. The summed E-state index contributed by atoms with van der Waals surface area (Å²) in [4.78, 5) is 11.5. The number of halogens is 1. The first-order chi connectivity index (χ1) is 13.0. The van der Waals surface area contributed by atoms with Gasteiger partial charge in [0.2, 0.25) is 0 Å². The van der Waals surface area contributed by atoms with E-state index in [1.165, 1.54) is 7.11 Å². The molecule has 0 saturated heterocycles. The lowest BCUT2D eigenvalue weighted by Crippen LogP contribution is -3.00. The van der Waals surface area contributed by atoms with Crippen LogP contribution in [-0.2, 0) is 24.8 Å². The number of imidazole rings is 1. The minimum absolute atomic E-state index is 0. The van der Waals surface area contributed by atoms with Gasteiger partial charge in [0.05, 0.1) is 19.7 Å². The summed E-state index contributed by atoms with van der Waals surface area (Å²) >= 11 is 0. The van der Waals surface area contributed by atoms with Crippen LogP contribution in [0.4, 0.5) is 0 Å². The van der Waals surface area contributed by atoms with Crippen molar-refractivity contribution in [1.29, 1.82) is 0 Å². The predicted molar refractivity (Wildman–Crippen MR) is 102 cm³/mol. The first kappa shape index (κ1) is 22.2. The van der Waals surface area contributed by atoms with Crippen LogP contribution in [0.5, 0.6) is 5.75 Å². The largest absolute Gasteiger partial charge is 1.00 e. The lowest BCUT2D eigenvalue weighted by Gasteiger charge is -2.12. The minimum atomic E-state index is -0.661. The van der Waals surface area contributed by atoms with Crippen molar-refractivity contribution < 1.29 is 47.9 Å². The van der Waals surface area contributed by atoms with Crippen LogP contribution in [0.1, 0.15) is 23.1 Å². The maximum atomic E-state index is 11.5. The zero-order valence-electron chi connectivity index (χ0n) is 16.3. The zero-order valence-corrected chi connectivity index (χ0v) is 18.4. The van der Waals surface area contributed by atoms with E-state index in [0.717, 1.165) is 23.3 Å². The Bertz CT molecular complexity index is 937. The molecule has 2 aromatic carbocycles. The number of aryl methyl sites for hydroxylation is 1. The van der Waals surface area contributed by atoms with Gasteiger partial charge in [-0.1, -0.05) is 19.1 Å². The molecule has 0 bridgehead atoms. The number of aromatic nitrogens is 2. The molecule has 150 valence electrons. The van der Waals surface area contributed by atoms with Crippen molar-refractivity contribution in [3.8, 4) is 5.75 Å². The molecule has 1 aromatic heterocycles. The molecule has 0 fully saturated rings. The lowest BCUT2D eigenvalue weighted by molar-refractivity contribution is -0.653. The molecular formula is C21H25IN2O4. The van der Waals surface area contributed by atoms with Crippen LogP contribution in [0.2, 0.25) is 0 Å². The standard InChI is InChI=1S/C21H25N2O4.HI/c1-4-20-22(2)18-7-5-6-8-19(18)23(20)13-16(24)14-27-17-11-9-15(10-12-17)21(25)26-3;/h5-12,16,24H,4,13-14H2,1-3H3;1H/q+1;/p-1. The van der Waals surface area contributed by atoms with Crippen molar-refractivity contribution in [2.24, 2.45) is 7.05 Å². The molecule has 1 unspecified atom stereocenters. The minimum Gasteiger partial charge on any atom is -1.00 e. The van der Waals surface area contributed by atoms with Gasteiger partial charge in [-0.3, -0.25) is 0 Å². The average Bonchev–Trinajstić information content (AvgIpc) is 2.97. The predicted octanol–water partition coefficient (Wildman–Crippen LogP) is -0.741. The molecule has 0 aliphatic rings. The molecule has 0 spiro atoms. The van der Waals surface area contributed by atoms with Gasteiger partial charge in [-0.25, -0.2) is 13.9 Å². The molecule has 0 amide bonds. The third-order valence-electron chi connectivity index (χ3n) is 4.66. The molecule has 1 heterocycles. The molecule has 1 atom stereocenters. The highest BCUT2D eigenvalue weighted by Gasteiger charge is 2.23. The second-order valence-electron chi connectivity index (χ2n) is 6.41. The Morgan fingerprint density at radius 1 is 1.18 bits per heavy atom. The van der Waals surface area contributed by atoms with E-state index in [9.17, 15) is 9.90 Å². The Labute approximate surface area is 181 Å². The number of hydrogen-bond donors (Lipinski definition) is 1. The number of hydrogen-bond acceptors (Lipinski definition) is 4. The molecule has 1 N–H and O–H groups in total. The number of esters is 1. The lowest BCUT2D eigenvalue weighted by atomic mass is 10.2. The quantitative estimate of drug-likeness (QED) is 0.266. The first-order valence-electron chi connectivity index (χ1n) is 9.00. The number of para-hydroxylation sites is 2. The molecule has 3 aromatic rings. The molecule has 0 radical (unpaired) electrons. The number of carbonyl (C=O) groups excluding carboxylic acids is 1. The molecule has 0 aliphatic heterocycles. The summed E-state index contributed by atoms with van der Waals surface area (Å²) in [5.41, 5.74) is 2.70. The molecule has 6 nitrogen and oxygen atoms in total. The maximum absolute atomic E-state index is 11.5. The van der Waals surface area contributed by atoms with E-state index in [1.54, 1.807) is 24.3 Å². The number of ether oxygens (including phenoxy) is 2. The number of aliphatic hydroxyl groups is 1. The van der Waals surface area contributed by atoms with Crippen molar-refractivity contribution in [3.63, 3.8) is 0 Å². The van der Waals surface area contributed by atoms with Crippen molar-refractivity contribution in [1.82, 2.24) is 4.57 Å². The number of methoxy groups -OCH3 is 1. The Morgan fingerprint density at radius 2 is 1.86 bits per heavy atom. The summed E-state index contributed by atoms with van der Waals surface area (Å²) in [6.07, 6.45) is 0.208. The van der Waals surface area contributed by atoms with Crippen molar-refractivity contribution in [2.45, 2.75) is 26.0 Å². The molecular weight excluding hydrogens is 471 g/mol.